The average molecular weight is 285 g/mol. The number of pyridine rings is 1. The van der Waals surface area contributed by atoms with Gasteiger partial charge in [0.05, 0.1) is 23.0 Å². The van der Waals surface area contributed by atoms with Gasteiger partial charge in [-0.2, -0.15) is 5.26 Å². The fraction of sp³-hybridized carbons (Fsp3) is 0.0714. The summed E-state index contributed by atoms with van der Waals surface area (Å²) in [6, 6.07) is 12.5. The van der Waals surface area contributed by atoms with E-state index in [9.17, 15) is 4.79 Å². The zero-order chi connectivity index (χ0) is 14.1. The maximum absolute atomic E-state index is 11.8. The lowest BCUT2D eigenvalue weighted by Crippen LogP contribution is -2.35. The molecule has 0 radical (unpaired) electrons. The van der Waals surface area contributed by atoms with Gasteiger partial charge in [-0.15, -0.1) is 0 Å². The van der Waals surface area contributed by atoms with Crippen molar-refractivity contribution in [3.05, 3.63) is 47.1 Å². The normalized spacial score (nSPS) is 13.4. The van der Waals surface area contributed by atoms with Gasteiger partial charge in [0.15, 0.2) is 0 Å². The van der Waals surface area contributed by atoms with Crippen molar-refractivity contribution in [1.82, 2.24) is 4.98 Å². The third kappa shape index (κ3) is 2.17. The summed E-state index contributed by atoms with van der Waals surface area (Å²) < 4.78 is 0. The largest absolute Gasteiger partial charge is 0.323 e. The summed E-state index contributed by atoms with van der Waals surface area (Å²) in [5, 5.41) is 12.0. The molecule has 98 valence electrons. The van der Waals surface area contributed by atoms with Gasteiger partial charge in [-0.25, -0.2) is 4.98 Å². The quantitative estimate of drug-likeness (QED) is 0.818. The number of halogens is 1. The summed E-state index contributed by atoms with van der Waals surface area (Å²) in [7, 11) is 0. The first-order valence-electron chi connectivity index (χ1n) is 5.91. The zero-order valence-electron chi connectivity index (χ0n) is 10.3. The van der Waals surface area contributed by atoms with Crippen molar-refractivity contribution >= 4 is 34.7 Å². The van der Waals surface area contributed by atoms with Gasteiger partial charge in [0.2, 0.25) is 5.91 Å². The molecule has 0 unspecified atom stereocenters. The number of aromatic nitrogens is 1. The molecule has 20 heavy (non-hydrogen) atoms. The third-order valence-electron chi connectivity index (χ3n) is 2.96. The number of nitriles is 1. The Balaban J connectivity index is 2.13. The maximum atomic E-state index is 11.8. The lowest BCUT2D eigenvalue weighted by atomic mass is 10.2. The molecule has 1 aliphatic heterocycles. The molecule has 0 aliphatic carbocycles. The maximum Gasteiger partial charge on any atom is 0.244 e. The summed E-state index contributed by atoms with van der Waals surface area (Å²) in [6.45, 7) is 0.134. The van der Waals surface area contributed by atoms with E-state index in [0.29, 0.717) is 17.1 Å². The number of fused-ring (bicyclic) bond motifs is 1. The lowest BCUT2D eigenvalue weighted by Gasteiger charge is -2.30. The van der Waals surface area contributed by atoms with E-state index in [2.05, 4.69) is 10.3 Å². The van der Waals surface area contributed by atoms with Gasteiger partial charge >= 0.3 is 0 Å². The van der Waals surface area contributed by atoms with E-state index in [1.54, 1.807) is 11.0 Å². The summed E-state index contributed by atoms with van der Waals surface area (Å²) in [6.07, 6.45) is 0. The first-order valence-corrected chi connectivity index (χ1v) is 6.29. The molecular weight excluding hydrogens is 276 g/mol. The van der Waals surface area contributed by atoms with Crippen molar-refractivity contribution in [3.8, 4) is 6.07 Å². The van der Waals surface area contributed by atoms with Crippen LogP contribution in [0, 0.1) is 11.3 Å². The summed E-state index contributed by atoms with van der Waals surface area (Å²) in [5.41, 5.74) is 1.94. The highest BCUT2D eigenvalue weighted by Crippen LogP contribution is 2.34. The van der Waals surface area contributed by atoms with E-state index in [4.69, 9.17) is 16.9 Å². The van der Waals surface area contributed by atoms with Crippen molar-refractivity contribution in [3.63, 3.8) is 0 Å². The van der Waals surface area contributed by atoms with E-state index < -0.39 is 0 Å². The van der Waals surface area contributed by atoms with E-state index in [0.717, 1.165) is 5.69 Å². The van der Waals surface area contributed by atoms with Gasteiger partial charge in [-0.1, -0.05) is 23.7 Å². The minimum Gasteiger partial charge on any atom is -0.323 e. The molecule has 1 amide bonds. The molecule has 0 bridgehead atoms. The molecule has 3 rings (SSSR count). The molecule has 1 aliphatic rings. The van der Waals surface area contributed by atoms with Crippen LogP contribution in [0.5, 0.6) is 0 Å². The van der Waals surface area contributed by atoms with Gasteiger partial charge in [0.1, 0.15) is 17.5 Å². The van der Waals surface area contributed by atoms with E-state index in [-0.39, 0.29) is 17.6 Å². The SMILES string of the molecule is N#Cc1cc(Cl)nc(N2CC(=O)Nc3ccccc32)c1. The van der Waals surface area contributed by atoms with Crippen LogP contribution >= 0.6 is 11.6 Å². The Morgan fingerprint density at radius 3 is 2.95 bits per heavy atom. The molecule has 0 saturated heterocycles. The zero-order valence-corrected chi connectivity index (χ0v) is 11.1. The smallest absolute Gasteiger partial charge is 0.244 e. The number of carbonyl (C=O) groups is 1. The summed E-state index contributed by atoms with van der Waals surface area (Å²) in [4.78, 5) is 17.7. The highest BCUT2D eigenvalue weighted by Gasteiger charge is 2.24. The minimum atomic E-state index is -0.135. The lowest BCUT2D eigenvalue weighted by molar-refractivity contribution is -0.115. The van der Waals surface area contributed by atoms with Gasteiger partial charge in [-0.3, -0.25) is 4.79 Å². The molecule has 5 nitrogen and oxygen atoms in total. The van der Waals surface area contributed by atoms with Crippen molar-refractivity contribution in [1.29, 1.82) is 5.26 Å². The topological polar surface area (TPSA) is 69.0 Å². The molecular formula is C14H9ClN4O. The van der Waals surface area contributed by atoms with Crippen LogP contribution in [0.25, 0.3) is 0 Å². The highest BCUT2D eigenvalue weighted by atomic mass is 35.5. The van der Waals surface area contributed by atoms with Crippen LogP contribution in [0.2, 0.25) is 5.15 Å². The molecule has 1 aromatic carbocycles. The second kappa shape index (κ2) is 4.83. The van der Waals surface area contributed by atoms with Gasteiger partial charge in [0.25, 0.3) is 0 Å². The molecule has 0 saturated carbocycles. The number of hydrogen-bond donors (Lipinski definition) is 1. The first-order chi connectivity index (χ1) is 9.67. The number of rotatable bonds is 1. The number of amides is 1. The number of nitrogens with one attached hydrogen (secondary N) is 1. The second-order valence-corrected chi connectivity index (χ2v) is 4.69. The Hall–Kier alpha value is -2.58. The Kier molecular flexibility index (Phi) is 3.01. The average Bonchev–Trinajstić information content (AvgIpc) is 2.45. The number of nitrogens with zero attached hydrogens (tertiary/aromatic N) is 3. The summed E-state index contributed by atoms with van der Waals surface area (Å²) in [5.74, 6) is 0.348. The van der Waals surface area contributed by atoms with Crippen LogP contribution in [0.1, 0.15) is 5.56 Å². The van der Waals surface area contributed by atoms with Crippen molar-refractivity contribution < 1.29 is 4.79 Å². The van der Waals surface area contributed by atoms with Crippen LogP contribution in [0.4, 0.5) is 17.2 Å². The fourth-order valence-electron chi connectivity index (χ4n) is 2.12. The van der Waals surface area contributed by atoms with Crippen LogP contribution in [-0.2, 0) is 4.79 Å². The van der Waals surface area contributed by atoms with Crippen LogP contribution in [-0.4, -0.2) is 17.4 Å². The molecule has 1 N–H and O–H groups in total. The monoisotopic (exact) mass is 284 g/mol. The predicted molar refractivity (Wildman–Crippen MR) is 76.0 cm³/mol. The first kappa shape index (κ1) is 12.5. The Labute approximate surface area is 120 Å². The predicted octanol–water partition coefficient (Wildman–Crippen LogP) is 2.70. The van der Waals surface area contributed by atoms with Gasteiger partial charge in [0, 0.05) is 0 Å². The second-order valence-electron chi connectivity index (χ2n) is 4.30. The molecule has 0 atom stereocenters. The number of hydrogen-bond acceptors (Lipinski definition) is 4. The van der Waals surface area contributed by atoms with E-state index in [1.165, 1.54) is 6.07 Å². The molecule has 2 heterocycles. The number of benzene rings is 1. The van der Waals surface area contributed by atoms with Crippen LogP contribution in [0.15, 0.2) is 36.4 Å². The van der Waals surface area contributed by atoms with E-state index in [1.807, 2.05) is 30.3 Å². The Bertz CT molecular complexity index is 738. The van der Waals surface area contributed by atoms with Crippen molar-refractivity contribution in [2.45, 2.75) is 0 Å². The fourth-order valence-corrected chi connectivity index (χ4v) is 2.33. The van der Waals surface area contributed by atoms with Crippen molar-refractivity contribution in [2.24, 2.45) is 0 Å². The van der Waals surface area contributed by atoms with Crippen LogP contribution < -0.4 is 10.2 Å². The summed E-state index contributed by atoms with van der Waals surface area (Å²) >= 11 is 5.92. The molecule has 2 aromatic rings. The Morgan fingerprint density at radius 1 is 1.35 bits per heavy atom. The highest BCUT2D eigenvalue weighted by molar-refractivity contribution is 6.29. The number of anilines is 3. The molecule has 6 heteroatoms. The molecule has 1 aromatic heterocycles. The molecule has 0 fully saturated rings. The number of carbonyl (C=O) groups excluding carboxylic acids is 1. The third-order valence-corrected chi connectivity index (χ3v) is 3.15. The number of para-hydroxylation sites is 2. The van der Waals surface area contributed by atoms with Gasteiger partial charge < -0.3 is 10.2 Å². The van der Waals surface area contributed by atoms with E-state index >= 15 is 0 Å². The van der Waals surface area contributed by atoms with Crippen LogP contribution in [0.3, 0.4) is 0 Å². The van der Waals surface area contributed by atoms with Crippen molar-refractivity contribution in [2.75, 3.05) is 16.8 Å². The minimum absolute atomic E-state index is 0.134. The molecule has 0 spiro atoms. The standard InChI is InChI=1S/C14H9ClN4O/c15-12-5-9(7-16)6-13(18-12)19-8-14(20)17-10-3-1-2-4-11(10)19/h1-6H,8H2,(H,17,20). The Morgan fingerprint density at radius 2 is 2.15 bits per heavy atom. The van der Waals surface area contributed by atoms with Gasteiger partial charge in [-0.05, 0) is 24.3 Å².